The van der Waals surface area contributed by atoms with E-state index in [4.69, 9.17) is 4.74 Å². The monoisotopic (exact) mass is 316 g/mol. The standard InChI is InChI=1S/C15H15F3O4/c1-3-22-14(20)13(15(16,17)18)8-11(9-19)10-4-6-12(21-2)7-5-10/h4-7,13H,3,8H2,1-2H3. The molecular formula is C15H15F3O4. The molecule has 1 rings (SSSR count). The normalized spacial score (nSPS) is 12.2. The Bertz CT molecular complexity index is 557. The van der Waals surface area contributed by atoms with E-state index in [2.05, 4.69) is 4.74 Å². The van der Waals surface area contributed by atoms with Crippen molar-refractivity contribution in [3.8, 4) is 5.75 Å². The lowest BCUT2D eigenvalue weighted by molar-refractivity contribution is -0.196. The molecule has 120 valence electrons. The van der Waals surface area contributed by atoms with Crippen LogP contribution in [0.1, 0.15) is 18.9 Å². The van der Waals surface area contributed by atoms with Gasteiger partial charge in [-0.2, -0.15) is 13.2 Å². The van der Waals surface area contributed by atoms with Gasteiger partial charge >= 0.3 is 12.1 Å². The molecule has 0 aromatic heterocycles. The number of rotatable bonds is 6. The van der Waals surface area contributed by atoms with Crippen molar-refractivity contribution in [3.05, 3.63) is 29.8 Å². The second-order valence-electron chi connectivity index (χ2n) is 4.36. The van der Waals surface area contributed by atoms with Gasteiger partial charge in [-0.15, -0.1) is 0 Å². The molecule has 0 spiro atoms. The Kier molecular flexibility index (Phi) is 6.19. The number of halogens is 3. The summed E-state index contributed by atoms with van der Waals surface area (Å²) in [7, 11) is 1.44. The molecule has 0 saturated heterocycles. The smallest absolute Gasteiger partial charge is 0.402 e. The highest BCUT2D eigenvalue weighted by molar-refractivity contribution is 5.89. The average Bonchev–Trinajstić information content (AvgIpc) is 2.47. The van der Waals surface area contributed by atoms with E-state index in [0.29, 0.717) is 5.75 Å². The van der Waals surface area contributed by atoms with Crippen LogP contribution in [0.15, 0.2) is 24.3 Å². The molecule has 4 nitrogen and oxygen atoms in total. The third-order valence-electron chi connectivity index (χ3n) is 2.94. The summed E-state index contributed by atoms with van der Waals surface area (Å²) in [5.74, 6) is -1.84. The summed E-state index contributed by atoms with van der Waals surface area (Å²) in [4.78, 5) is 22.5. The van der Waals surface area contributed by atoms with Crippen molar-refractivity contribution >= 4 is 17.5 Å². The first-order chi connectivity index (χ1) is 10.3. The van der Waals surface area contributed by atoms with E-state index in [1.54, 1.807) is 0 Å². The molecular weight excluding hydrogens is 301 g/mol. The molecule has 0 radical (unpaired) electrons. The largest absolute Gasteiger partial charge is 0.497 e. The van der Waals surface area contributed by atoms with Crippen molar-refractivity contribution in [1.29, 1.82) is 0 Å². The van der Waals surface area contributed by atoms with E-state index in [9.17, 15) is 22.8 Å². The van der Waals surface area contributed by atoms with Crippen molar-refractivity contribution in [3.63, 3.8) is 0 Å². The second-order valence-corrected chi connectivity index (χ2v) is 4.36. The highest BCUT2D eigenvalue weighted by atomic mass is 19.4. The molecule has 1 atom stereocenters. The molecule has 0 N–H and O–H groups in total. The van der Waals surface area contributed by atoms with Gasteiger partial charge in [0.15, 0.2) is 5.92 Å². The number of carbonyl (C=O) groups is 1. The maximum atomic E-state index is 13.0. The fourth-order valence-corrected chi connectivity index (χ4v) is 1.79. The van der Waals surface area contributed by atoms with E-state index < -0.39 is 24.5 Å². The Balaban J connectivity index is 3.03. The summed E-state index contributed by atoms with van der Waals surface area (Å²) < 4.78 is 48.2. The van der Waals surface area contributed by atoms with Crippen LogP contribution in [-0.4, -0.2) is 31.8 Å². The van der Waals surface area contributed by atoms with Gasteiger partial charge in [0.25, 0.3) is 0 Å². The minimum absolute atomic E-state index is 0.173. The van der Waals surface area contributed by atoms with Crippen LogP contribution in [0.2, 0.25) is 0 Å². The zero-order chi connectivity index (χ0) is 16.8. The zero-order valence-electron chi connectivity index (χ0n) is 12.1. The van der Waals surface area contributed by atoms with Gasteiger partial charge in [-0.05, 0) is 24.6 Å². The third-order valence-corrected chi connectivity index (χ3v) is 2.94. The maximum Gasteiger partial charge on any atom is 0.402 e. The fourth-order valence-electron chi connectivity index (χ4n) is 1.79. The van der Waals surface area contributed by atoms with Crippen LogP contribution in [0, 0.1) is 5.92 Å². The van der Waals surface area contributed by atoms with Gasteiger partial charge in [0.05, 0.1) is 13.7 Å². The number of hydrogen-bond donors (Lipinski definition) is 0. The highest BCUT2D eigenvalue weighted by Gasteiger charge is 2.46. The second kappa shape index (κ2) is 7.66. The molecule has 0 amide bonds. The maximum absolute atomic E-state index is 13.0. The van der Waals surface area contributed by atoms with Crippen LogP contribution in [0.5, 0.6) is 5.75 Å². The lowest BCUT2D eigenvalue weighted by Gasteiger charge is -2.19. The van der Waals surface area contributed by atoms with Gasteiger partial charge in [0, 0.05) is 12.0 Å². The third kappa shape index (κ3) is 4.63. The first kappa shape index (κ1) is 17.8. The molecule has 7 heteroatoms. The van der Waals surface area contributed by atoms with Crippen molar-refractivity contribution in [2.45, 2.75) is 19.5 Å². The fraction of sp³-hybridized carbons (Fsp3) is 0.400. The van der Waals surface area contributed by atoms with Crippen LogP contribution in [0.25, 0.3) is 5.57 Å². The number of hydrogen-bond acceptors (Lipinski definition) is 4. The topological polar surface area (TPSA) is 52.6 Å². The number of ether oxygens (including phenoxy) is 2. The Hall–Kier alpha value is -2.27. The summed E-state index contributed by atoms with van der Waals surface area (Å²) >= 11 is 0. The van der Waals surface area contributed by atoms with Gasteiger partial charge in [-0.25, -0.2) is 4.79 Å². The van der Waals surface area contributed by atoms with E-state index >= 15 is 0 Å². The molecule has 22 heavy (non-hydrogen) atoms. The quantitative estimate of drug-likeness (QED) is 0.598. The van der Waals surface area contributed by atoms with Gasteiger partial charge in [0.1, 0.15) is 11.7 Å². The van der Waals surface area contributed by atoms with E-state index in [1.165, 1.54) is 44.2 Å². The van der Waals surface area contributed by atoms with Crippen molar-refractivity contribution in [2.24, 2.45) is 5.92 Å². The Morgan fingerprint density at radius 1 is 1.27 bits per heavy atom. The van der Waals surface area contributed by atoms with Gasteiger partial charge in [-0.1, -0.05) is 12.1 Å². The van der Waals surface area contributed by atoms with E-state index in [0.717, 1.165) is 0 Å². The molecule has 0 heterocycles. The van der Waals surface area contributed by atoms with Gasteiger partial charge in [-0.3, -0.25) is 4.79 Å². The molecule has 0 aliphatic heterocycles. The molecule has 1 aromatic rings. The molecule has 0 aliphatic rings. The number of methoxy groups -OCH3 is 1. The molecule has 0 saturated carbocycles. The van der Waals surface area contributed by atoms with Crippen molar-refractivity contribution in [1.82, 2.24) is 0 Å². The first-order valence-electron chi connectivity index (χ1n) is 6.45. The summed E-state index contributed by atoms with van der Waals surface area (Å²) in [5.41, 5.74) is -0.00706. The van der Waals surface area contributed by atoms with Crippen LogP contribution in [0.4, 0.5) is 13.2 Å². The van der Waals surface area contributed by atoms with Crippen LogP contribution in [0.3, 0.4) is 0 Å². The Morgan fingerprint density at radius 2 is 1.86 bits per heavy atom. The van der Waals surface area contributed by atoms with E-state index in [1.807, 2.05) is 0 Å². The highest BCUT2D eigenvalue weighted by Crippen LogP contribution is 2.34. The first-order valence-corrected chi connectivity index (χ1v) is 6.45. The minimum Gasteiger partial charge on any atom is -0.497 e. The van der Waals surface area contributed by atoms with Crippen LogP contribution >= 0.6 is 0 Å². The number of allylic oxidation sites excluding steroid dienone is 1. The lowest BCUT2D eigenvalue weighted by Crippen LogP contribution is -2.32. The Labute approximate surface area is 125 Å². The van der Waals surface area contributed by atoms with Gasteiger partial charge in [0.2, 0.25) is 0 Å². The van der Waals surface area contributed by atoms with Crippen LogP contribution in [-0.2, 0) is 14.3 Å². The number of benzene rings is 1. The molecule has 0 fully saturated rings. The number of alkyl halides is 3. The molecule has 1 aromatic carbocycles. The Morgan fingerprint density at radius 3 is 2.27 bits per heavy atom. The van der Waals surface area contributed by atoms with Crippen LogP contribution < -0.4 is 4.74 Å². The SMILES string of the molecule is CCOC(=O)C(CC(=C=O)c1ccc(OC)cc1)C(F)(F)F. The number of esters is 1. The zero-order valence-corrected chi connectivity index (χ0v) is 12.1. The summed E-state index contributed by atoms with van der Waals surface area (Å²) in [6.07, 6.45) is -5.63. The summed E-state index contributed by atoms with van der Waals surface area (Å²) in [5, 5.41) is 0. The molecule has 0 aliphatic carbocycles. The minimum atomic E-state index is -4.80. The summed E-state index contributed by atoms with van der Waals surface area (Å²) in [6.45, 7) is 1.24. The van der Waals surface area contributed by atoms with Gasteiger partial charge < -0.3 is 9.47 Å². The predicted molar refractivity (Wildman–Crippen MR) is 72.9 cm³/mol. The lowest BCUT2D eigenvalue weighted by atomic mass is 9.94. The number of carbonyl (C=O) groups excluding carboxylic acids is 2. The molecule has 1 unspecified atom stereocenters. The predicted octanol–water partition coefficient (Wildman–Crippen LogP) is 3.04. The summed E-state index contributed by atoms with van der Waals surface area (Å²) in [6, 6.07) is 5.86. The molecule has 0 bridgehead atoms. The van der Waals surface area contributed by atoms with Crippen molar-refractivity contribution in [2.75, 3.05) is 13.7 Å². The van der Waals surface area contributed by atoms with E-state index in [-0.39, 0.29) is 17.7 Å². The average molecular weight is 316 g/mol. The van der Waals surface area contributed by atoms with Crippen molar-refractivity contribution < 1.29 is 32.2 Å².